The second-order valence-electron chi connectivity index (χ2n) is 5.09. The summed E-state index contributed by atoms with van der Waals surface area (Å²) < 4.78 is 18.5. The van der Waals surface area contributed by atoms with Crippen LogP contribution in [0.3, 0.4) is 0 Å². The summed E-state index contributed by atoms with van der Waals surface area (Å²) >= 11 is 0. The van der Waals surface area contributed by atoms with Crippen molar-refractivity contribution >= 4 is 17.7 Å². The third-order valence-electron chi connectivity index (χ3n) is 3.77. The summed E-state index contributed by atoms with van der Waals surface area (Å²) in [5, 5.41) is 14.0. The Bertz CT molecular complexity index is 558. The van der Waals surface area contributed by atoms with E-state index in [9.17, 15) is 14.0 Å². The van der Waals surface area contributed by atoms with E-state index in [0.717, 1.165) is 6.42 Å². The lowest BCUT2D eigenvalue weighted by molar-refractivity contribution is -0.153. The fourth-order valence-corrected chi connectivity index (χ4v) is 2.21. The number of halogens is 1. The maximum atomic E-state index is 13.6. The van der Waals surface area contributed by atoms with E-state index >= 15 is 0 Å². The van der Waals surface area contributed by atoms with Crippen molar-refractivity contribution in [2.75, 3.05) is 19.0 Å². The number of ether oxygens (including phenoxy) is 1. The van der Waals surface area contributed by atoms with Gasteiger partial charge in [0, 0.05) is 12.6 Å². The molecule has 6 nitrogen and oxygen atoms in total. The minimum absolute atomic E-state index is 0.0233. The lowest BCUT2D eigenvalue weighted by atomic mass is 9.69. The van der Waals surface area contributed by atoms with Crippen molar-refractivity contribution in [2.45, 2.75) is 19.3 Å². The van der Waals surface area contributed by atoms with Gasteiger partial charge in [-0.05, 0) is 25.0 Å². The smallest absolute Gasteiger partial charge is 0.319 e. The van der Waals surface area contributed by atoms with Crippen LogP contribution in [0.25, 0.3) is 0 Å². The van der Waals surface area contributed by atoms with Crippen molar-refractivity contribution in [3.8, 4) is 5.75 Å². The molecule has 1 aromatic rings. The number of aliphatic carboxylic acids is 1. The average Bonchev–Trinajstić information content (AvgIpc) is 2.39. The van der Waals surface area contributed by atoms with Crippen LogP contribution >= 0.6 is 0 Å². The molecule has 0 radical (unpaired) electrons. The van der Waals surface area contributed by atoms with Gasteiger partial charge in [-0.1, -0.05) is 6.42 Å². The third kappa shape index (κ3) is 3.24. The Morgan fingerprint density at radius 2 is 2.14 bits per heavy atom. The van der Waals surface area contributed by atoms with E-state index < -0.39 is 23.2 Å². The Morgan fingerprint density at radius 3 is 2.67 bits per heavy atom. The van der Waals surface area contributed by atoms with Crippen molar-refractivity contribution in [3.63, 3.8) is 0 Å². The molecule has 2 amide bonds. The van der Waals surface area contributed by atoms with Gasteiger partial charge in [-0.3, -0.25) is 4.79 Å². The van der Waals surface area contributed by atoms with Crippen molar-refractivity contribution in [2.24, 2.45) is 5.41 Å². The van der Waals surface area contributed by atoms with Crippen molar-refractivity contribution < 1.29 is 23.8 Å². The third-order valence-corrected chi connectivity index (χ3v) is 3.77. The zero-order chi connectivity index (χ0) is 15.5. The SMILES string of the molecule is COc1ccc(F)c(NC(=O)NCC2(C(=O)O)CCC2)c1. The van der Waals surface area contributed by atoms with E-state index in [4.69, 9.17) is 9.84 Å². The topological polar surface area (TPSA) is 87.7 Å². The number of amides is 2. The number of carbonyl (C=O) groups is 2. The van der Waals surface area contributed by atoms with Crippen LogP contribution in [0, 0.1) is 11.2 Å². The Labute approximate surface area is 121 Å². The molecular weight excluding hydrogens is 279 g/mol. The number of benzene rings is 1. The van der Waals surface area contributed by atoms with Crippen LogP contribution in [0.1, 0.15) is 19.3 Å². The first-order valence-corrected chi connectivity index (χ1v) is 6.59. The van der Waals surface area contributed by atoms with Crippen LogP contribution in [-0.2, 0) is 4.79 Å². The molecule has 0 atom stereocenters. The van der Waals surface area contributed by atoms with Gasteiger partial charge >= 0.3 is 12.0 Å². The Kier molecular flexibility index (Phi) is 4.30. The highest BCUT2D eigenvalue weighted by Crippen LogP contribution is 2.40. The van der Waals surface area contributed by atoms with Gasteiger partial charge in [-0.15, -0.1) is 0 Å². The molecule has 1 fully saturated rings. The monoisotopic (exact) mass is 296 g/mol. The van der Waals surface area contributed by atoms with Crippen LogP contribution in [0.2, 0.25) is 0 Å². The zero-order valence-corrected chi connectivity index (χ0v) is 11.6. The minimum Gasteiger partial charge on any atom is -0.497 e. The highest BCUT2D eigenvalue weighted by molar-refractivity contribution is 5.90. The number of carboxylic acid groups (broad SMARTS) is 1. The maximum absolute atomic E-state index is 13.6. The molecule has 7 heteroatoms. The largest absolute Gasteiger partial charge is 0.497 e. The molecule has 0 aromatic heterocycles. The van der Waals surface area contributed by atoms with Crippen molar-refractivity contribution in [3.05, 3.63) is 24.0 Å². The van der Waals surface area contributed by atoms with Gasteiger partial charge in [0.1, 0.15) is 11.6 Å². The predicted molar refractivity (Wildman–Crippen MR) is 73.9 cm³/mol. The number of methoxy groups -OCH3 is 1. The Balaban J connectivity index is 1.94. The second-order valence-corrected chi connectivity index (χ2v) is 5.09. The number of rotatable bonds is 5. The maximum Gasteiger partial charge on any atom is 0.319 e. The molecular formula is C14H17FN2O4. The van der Waals surface area contributed by atoms with E-state index in [1.807, 2.05) is 0 Å². The molecule has 1 aliphatic carbocycles. The molecule has 0 heterocycles. The highest BCUT2D eigenvalue weighted by Gasteiger charge is 2.44. The summed E-state index contributed by atoms with van der Waals surface area (Å²) in [6.45, 7) is 0.0275. The molecule has 114 valence electrons. The second kappa shape index (κ2) is 5.99. The molecule has 3 N–H and O–H groups in total. The molecule has 0 spiro atoms. The highest BCUT2D eigenvalue weighted by atomic mass is 19.1. The molecule has 1 aromatic carbocycles. The van der Waals surface area contributed by atoms with E-state index in [1.54, 1.807) is 0 Å². The summed E-state index contributed by atoms with van der Waals surface area (Å²) in [7, 11) is 1.43. The minimum atomic E-state index is -0.915. The van der Waals surface area contributed by atoms with Gasteiger partial charge in [0.05, 0.1) is 18.2 Å². The van der Waals surface area contributed by atoms with E-state index in [2.05, 4.69) is 10.6 Å². The first-order chi connectivity index (χ1) is 9.97. The molecule has 21 heavy (non-hydrogen) atoms. The molecule has 1 saturated carbocycles. The van der Waals surface area contributed by atoms with E-state index in [0.29, 0.717) is 18.6 Å². The first-order valence-electron chi connectivity index (χ1n) is 6.59. The standard InChI is InChI=1S/C14H17FN2O4/c1-21-9-3-4-10(15)11(7-9)17-13(20)16-8-14(12(18)19)5-2-6-14/h3-4,7H,2,5-6,8H2,1H3,(H,18,19)(H2,16,17,20). The Morgan fingerprint density at radius 1 is 1.43 bits per heavy atom. The average molecular weight is 296 g/mol. The van der Waals surface area contributed by atoms with Gasteiger partial charge < -0.3 is 20.5 Å². The predicted octanol–water partition coefficient (Wildman–Crippen LogP) is 2.21. The lowest BCUT2D eigenvalue weighted by Crippen LogP contribution is -2.48. The number of hydrogen-bond donors (Lipinski definition) is 3. The molecule has 0 aliphatic heterocycles. The van der Waals surface area contributed by atoms with Gasteiger partial charge in [0.15, 0.2) is 0 Å². The van der Waals surface area contributed by atoms with Gasteiger partial charge in [0.25, 0.3) is 0 Å². The number of anilines is 1. The summed E-state index contributed by atoms with van der Waals surface area (Å²) in [6.07, 6.45) is 1.91. The number of carboxylic acids is 1. The van der Waals surface area contributed by atoms with Crippen LogP contribution in [0.5, 0.6) is 5.75 Å². The number of urea groups is 1. The number of nitrogens with one attached hydrogen (secondary N) is 2. The molecule has 2 rings (SSSR count). The van der Waals surface area contributed by atoms with Crippen LogP contribution in [-0.4, -0.2) is 30.8 Å². The van der Waals surface area contributed by atoms with E-state index in [-0.39, 0.29) is 12.2 Å². The van der Waals surface area contributed by atoms with Crippen molar-refractivity contribution in [1.29, 1.82) is 0 Å². The summed E-state index contributed by atoms with van der Waals surface area (Å²) in [5.74, 6) is -1.10. The zero-order valence-electron chi connectivity index (χ0n) is 11.6. The van der Waals surface area contributed by atoms with Crippen LogP contribution in [0.15, 0.2) is 18.2 Å². The number of carbonyl (C=O) groups excluding carboxylic acids is 1. The van der Waals surface area contributed by atoms with Gasteiger partial charge in [-0.25, -0.2) is 9.18 Å². The van der Waals surface area contributed by atoms with Gasteiger partial charge in [0.2, 0.25) is 0 Å². The summed E-state index contributed by atoms with van der Waals surface area (Å²) in [4.78, 5) is 22.9. The lowest BCUT2D eigenvalue weighted by Gasteiger charge is -2.37. The van der Waals surface area contributed by atoms with E-state index in [1.165, 1.54) is 25.3 Å². The fraction of sp³-hybridized carbons (Fsp3) is 0.429. The van der Waals surface area contributed by atoms with Gasteiger partial charge in [-0.2, -0.15) is 0 Å². The first kappa shape index (κ1) is 15.1. The Hall–Kier alpha value is -2.31. The molecule has 1 aliphatic rings. The van der Waals surface area contributed by atoms with Crippen molar-refractivity contribution in [1.82, 2.24) is 5.32 Å². The summed E-state index contributed by atoms with van der Waals surface area (Å²) in [6, 6.07) is 3.32. The molecule has 0 unspecified atom stereocenters. The van der Waals surface area contributed by atoms with Crippen LogP contribution < -0.4 is 15.4 Å². The summed E-state index contributed by atoms with van der Waals surface area (Å²) in [5.41, 5.74) is -0.908. The van der Waals surface area contributed by atoms with Crippen LogP contribution in [0.4, 0.5) is 14.9 Å². The fourth-order valence-electron chi connectivity index (χ4n) is 2.21. The molecule has 0 bridgehead atoms. The number of hydrogen-bond acceptors (Lipinski definition) is 3. The quantitative estimate of drug-likeness (QED) is 0.777. The normalized spacial score (nSPS) is 15.7. The molecule has 0 saturated heterocycles.